The summed E-state index contributed by atoms with van der Waals surface area (Å²) in [6.07, 6.45) is 3.89. The molecule has 82 valence electrons. The van der Waals surface area contributed by atoms with Crippen molar-refractivity contribution in [3.63, 3.8) is 0 Å². The van der Waals surface area contributed by atoms with Gasteiger partial charge in [0.25, 0.3) is 5.56 Å². The third-order valence-electron chi connectivity index (χ3n) is 2.04. The van der Waals surface area contributed by atoms with Crippen LogP contribution in [0.3, 0.4) is 0 Å². The highest BCUT2D eigenvalue weighted by Gasteiger charge is 2.09. The molecule has 0 bridgehead atoms. The standard InChI is InChI=1S/C10H9BrN4O/c1-2-6-7(11)10(16)15-9(14-6)8-12-4-3-5-13-8/h3-5H,2H2,1H3,(H,14,15,16). The van der Waals surface area contributed by atoms with E-state index in [2.05, 4.69) is 35.9 Å². The molecule has 1 N–H and O–H groups in total. The zero-order valence-corrected chi connectivity index (χ0v) is 10.2. The lowest BCUT2D eigenvalue weighted by atomic mass is 10.3. The third kappa shape index (κ3) is 2.01. The largest absolute Gasteiger partial charge is 0.303 e. The summed E-state index contributed by atoms with van der Waals surface area (Å²) in [5, 5.41) is 0. The van der Waals surface area contributed by atoms with Crippen molar-refractivity contribution in [3.8, 4) is 11.6 Å². The van der Waals surface area contributed by atoms with E-state index in [0.717, 1.165) is 0 Å². The molecule has 0 aliphatic rings. The Labute approximate surface area is 100 Å². The average Bonchev–Trinajstić information content (AvgIpc) is 2.33. The maximum Gasteiger partial charge on any atom is 0.265 e. The van der Waals surface area contributed by atoms with E-state index in [-0.39, 0.29) is 5.56 Å². The van der Waals surface area contributed by atoms with Gasteiger partial charge in [0.15, 0.2) is 11.6 Å². The van der Waals surface area contributed by atoms with Crippen molar-refractivity contribution in [2.24, 2.45) is 0 Å². The molecule has 2 aromatic heterocycles. The van der Waals surface area contributed by atoms with Crippen LogP contribution in [0.5, 0.6) is 0 Å². The Kier molecular flexibility index (Phi) is 3.09. The Bertz CT molecular complexity index is 552. The van der Waals surface area contributed by atoms with Crippen molar-refractivity contribution in [3.05, 3.63) is 39.0 Å². The number of aromatic nitrogens is 4. The van der Waals surface area contributed by atoms with Crippen LogP contribution in [0.15, 0.2) is 27.7 Å². The Morgan fingerprint density at radius 1 is 1.38 bits per heavy atom. The second-order valence-electron chi connectivity index (χ2n) is 3.10. The van der Waals surface area contributed by atoms with Crippen molar-refractivity contribution in [1.82, 2.24) is 19.9 Å². The molecular formula is C10H9BrN4O. The summed E-state index contributed by atoms with van der Waals surface area (Å²) in [7, 11) is 0. The summed E-state index contributed by atoms with van der Waals surface area (Å²) in [4.78, 5) is 26.6. The van der Waals surface area contributed by atoms with Crippen molar-refractivity contribution in [2.75, 3.05) is 0 Å². The molecule has 0 unspecified atom stereocenters. The normalized spacial score (nSPS) is 10.4. The summed E-state index contributed by atoms with van der Waals surface area (Å²) in [5.74, 6) is 0.812. The van der Waals surface area contributed by atoms with Crippen molar-refractivity contribution >= 4 is 15.9 Å². The number of hydrogen-bond donors (Lipinski definition) is 1. The molecule has 0 saturated carbocycles. The molecule has 2 aromatic rings. The maximum atomic E-state index is 11.6. The molecule has 0 saturated heterocycles. The van der Waals surface area contributed by atoms with Gasteiger partial charge in [-0.25, -0.2) is 15.0 Å². The average molecular weight is 281 g/mol. The highest BCUT2D eigenvalue weighted by Crippen LogP contribution is 2.13. The van der Waals surface area contributed by atoms with E-state index in [0.29, 0.717) is 28.2 Å². The number of aromatic amines is 1. The van der Waals surface area contributed by atoms with Gasteiger partial charge >= 0.3 is 0 Å². The van der Waals surface area contributed by atoms with Crippen molar-refractivity contribution in [2.45, 2.75) is 13.3 Å². The zero-order chi connectivity index (χ0) is 11.5. The van der Waals surface area contributed by atoms with Gasteiger partial charge in [-0.05, 0) is 28.4 Å². The van der Waals surface area contributed by atoms with Gasteiger partial charge in [0.1, 0.15) is 4.47 Å². The number of rotatable bonds is 2. The first-order valence-electron chi connectivity index (χ1n) is 4.78. The van der Waals surface area contributed by atoms with Gasteiger partial charge in [0, 0.05) is 12.4 Å². The highest BCUT2D eigenvalue weighted by atomic mass is 79.9. The monoisotopic (exact) mass is 280 g/mol. The molecule has 0 aliphatic carbocycles. The van der Waals surface area contributed by atoms with E-state index in [9.17, 15) is 4.79 Å². The van der Waals surface area contributed by atoms with Crippen molar-refractivity contribution in [1.29, 1.82) is 0 Å². The minimum absolute atomic E-state index is 0.214. The fourth-order valence-electron chi connectivity index (χ4n) is 1.27. The minimum Gasteiger partial charge on any atom is -0.303 e. The predicted octanol–water partition coefficient (Wildman–Crippen LogP) is 1.55. The summed E-state index contributed by atoms with van der Waals surface area (Å²) < 4.78 is 0.467. The lowest BCUT2D eigenvalue weighted by molar-refractivity contribution is 0.952. The summed E-state index contributed by atoms with van der Waals surface area (Å²) >= 11 is 3.20. The molecule has 0 spiro atoms. The number of nitrogens with one attached hydrogen (secondary N) is 1. The van der Waals surface area contributed by atoms with E-state index in [1.54, 1.807) is 18.5 Å². The SMILES string of the molecule is CCc1nc(-c2ncccn2)[nH]c(=O)c1Br. The van der Waals surface area contributed by atoms with Crippen LogP contribution in [0.4, 0.5) is 0 Å². The molecule has 0 radical (unpaired) electrons. The Morgan fingerprint density at radius 3 is 2.69 bits per heavy atom. The van der Waals surface area contributed by atoms with E-state index < -0.39 is 0 Å². The van der Waals surface area contributed by atoms with Gasteiger partial charge in [-0.15, -0.1) is 0 Å². The molecule has 0 fully saturated rings. The van der Waals surface area contributed by atoms with Gasteiger partial charge in [-0.2, -0.15) is 0 Å². The maximum absolute atomic E-state index is 11.6. The molecule has 0 atom stereocenters. The van der Waals surface area contributed by atoms with Crippen LogP contribution >= 0.6 is 15.9 Å². The molecular weight excluding hydrogens is 272 g/mol. The van der Waals surface area contributed by atoms with Gasteiger partial charge in [-0.3, -0.25) is 4.79 Å². The summed E-state index contributed by atoms with van der Waals surface area (Å²) in [6.45, 7) is 1.93. The number of hydrogen-bond acceptors (Lipinski definition) is 4. The van der Waals surface area contributed by atoms with E-state index in [1.165, 1.54) is 0 Å². The lowest BCUT2D eigenvalue weighted by Gasteiger charge is -2.03. The first-order valence-corrected chi connectivity index (χ1v) is 5.57. The molecule has 2 heterocycles. The van der Waals surface area contributed by atoms with E-state index in [1.807, 2.05) is 6.92 Å². The third-order valence-corrected chi connectivity index (χ3v) is 2.86. The molecule has 6 heteroatoms. The van der Waals surface area contributed by atoms with Crippen LogP contribution in [-0.2, 0) is 6.42 Å². The quantitative estimate of drug-likeness (QED) is 0.906. The van der Waals surface area contributed by atoms with E-state index >= 15 is 0 Å². The smallest absolute Gasteiger partial charge is 0.265 e. The number of nitrogens with zero attached hydrogens (tertiary/aromatic N) is 3. The predicted molar refractivity (Wildman–Crippen MR) is 63.0 cm³/mol. The highest BCUT2D eigenvalue weighted by molar-refractivity contribution is 9.10. The molecule has 2 rings (SSSR count). The lowest BCUT2D eigenvalue weighted by Crippen LogP contribution is -2.14. The molecule has 16 heavy (non-hydrogen) atoms. The number of halogens is 1. The first-order chi connectivity index (χ1) is 7.72. The van der Waals surface area contributed by atoms with Gasteiger partial charge < -0.3 is 4.98 Å². The van der Waals surface area contributed by atoms with Gasteiger partial charge in [0.05, 0.1) is 5.69 Å². The van der Waals surface area contributed by atoms with Crippen molar-refractivity contribution < 1.29 is 0 Å². The van der Waals surface area contributed by atoms with Crippen LogP contribution in [0.1, 0.15) is 12.6 Å². The Hall–Kier alpha value is -1.56. The van der Waals surface area contributed by atoms with E-state index in [4.69, 9.17) is 0 Å². The second-order valence-corrected chi connectivity index (χ2v) is 3.89. The van der Waals surface area contributed by atoms with Gasteiger partial charge in [-0.1, -0.05) is 6.92 Å². The zero-order valence-electron chi connectivity index (χ0n) is 8.57. The Balaban J connectivity index is 2.60. The number of aryl methyl sites for hydroxylation is 1. The summed E-state index contributed by atoms with van der Waals surface area (Å²) in [5.41, 5.74) is 0.487. The fourth-order valence-corrected chi connectivity index (χ4v) is 1.74. The molecule has 0 aliphatic heterocycles. The van der Waals surface area contributed by atoms with Crippen LogP contribution in [0.25, 0.3) is 11.6 Å². The van der Waals surface area contributed by atoms with Crippen LogP contribution in [0, 0.1) is 0 Å². The second kappa shape index (κ2) is 4.52. The van der Waals surface area contributed by atoms with Crippen LogP contribution < -0.4 is 5.56 Å². The minimum atomic E-state index is -0.214. The number of H-pyrrole nitrogens is 1. The molecule has 5 nitrogen and oxygen atoms in total. The molecule has 0 amide bonds. The Morgan fingerprint density at radius 2 is 2.06 bits per heavy atom. The molecule has 0 aromatic carbocycles. The topological polar surface area (TPSA) is 71.5 Å². The van der Waals surface area contributed by atoms with Crippen LogP contribution in [-0.4, -0.2) is 19.9 Å². The first kappa shape index (κ1) is 10.9. The summed E-state index contributed by atoms with van der Waals surface area (Å²) in [6, 6.07) is 1.71. The van der Waals surface area contributed by atoms with Gasteiger partial charge in [0.2, 0.25) is 0 Å². The van der Waals surface area contributed by atoms with Crippen LogP contribution in [0.2, 0.25) is 0 Å². The fraction of sp³-hybridized carbons (Fsp3) is 0.200.